The fraction of sp³-hybridized carbons (Fsp3) is 0.378. The van der Waals surface area contributed by atoms with Crippen molar-refractivity contribution in [3.05, 3.63) is 130 Å². The SMILES string of the molecule is C.CCN(CC)CCN1C(=O)c2ccccc2C1=O.CC[N+](C)(CC)CCN1C(=O)c2ccccc2C1=O.COS(=O)(=O)c1ccc(C)cc1.Cc1ccc(S(=O)(=O)O)cc1. The third-order valence-electron chi connectivity index (χ3n) is 10.5. The van der Waals surface area contributed by atoms with Crippen LogP contribution in [-0.4, -0.2) is 131 Å². The second-order valence-corrected chi connectivity index (χ2v) is 17.5. The minimum atomic E-state index is -4.02. The quantitative estimate of drug-likeness (QED) is 0.0663. The molecule has 16 heteroatoms. The Kier molecular flexibility index (Phi) is 19.8. The van der Waals surface area contributed by atoms with E-state index in [1.54, 1.807) is 72.8 Å². The summed E-state index contributed by atoms with van der Waals surface area (Å²) in [7, 11) is -4.24. The number of likely N-dealkylation sites (N-methyl/N-ethyl adjacent to an activating group) is 2. The maximum atomic E-state index is 12.2. The molecule has 0 aromatic heterocycles. The lowest BCUT2D eigenvalue weighted by atomic mass is 10.1. The van der Waals surface area contributed by atoms with Crippen molar-refractivity contribution < 1.29 is 49.2 Å². The molecule has 2 aliphatic rings. The van der Waals surface area contributed by atoms with Crippen LogP contribution in [-0.2, 0) is 24.4 Å². The van der Waals surface area contributed by atoms with E-state index in [2.05, 4.69) is 43.8 Å². The molecule has 332 valence electrons. The highest BCUT2D eigenvalue weighted by Gasteiger charge is 2.36. The van der Waals surface area contributed by atoms with Crippen molar-refractivity contribution in [3.8, 4) is 0 Å². The predicted octanol–water partition coefficient (Wildman–Crippen LogP) is 6.60. The van der Waals surface area contributed by atoms with Gasteiger partial charge in [-0.25, -0.2) is 0 Å². The number of hydrogen-bond acceptors (Lipinski definition) is 10. The highest BCUT2D eigenvalue weighted by molar-refractivity contribution is 7.86. The molecule has 2 aliphatic heterocycles. The summed E-state index contributed by atoms with van der Waals surface area (Å²) in [5.41, 5.74) is 4.11. The van der Waals surface area contributed by atoms with E-state index in [0.717, 1.165) is 62.0 Å². The summed E-state index contributed by atoms with van der Waals surface area (Å²) < 4.78 is 56.9. The van der Waals surface area contributed by atoms with Gasteiger partial charge >= 0.3 is 0 Å². The Morgan fingerprint density at radius 2 is 0.934 bits per heavy atom. The van der Waals surface area contributed by atoms with Gasteiger partial charge < -0.3 is 9.38 Å². The standard InChI is InChI=1S/C15H21N2O2.C14H18N2O2.C8H10O3S.C7H8O3S.CH4/c1-4-17(3,5-2)11-10-16-14(18)12-8-6-7-9-13(12)15(16)19;1-3-15(4-2)9-10-16-13(17)11-7-5-6-8-12(11)14(16)18;1-7-3-5-8(6-4-7)12(9,10)11-2;1-6-2-4-7(5-3-6)11(8,9)10;/h6-9H,4-5,10-11H2,1-3H3;5-8H,3-4,9-10H2,1-2H3;3-6H,1-2H3;2-5H,1H3,(H,8,9,10);1H4/q+1;;;;. The van der Waals surface area contributed by atoms with Gasteiger partial charge in [0.25, 0.3) is 43.9 Å². The average Bonchev–Trinajstić information content (AvgIpc) is 3.64. The van der Waals surface area contributed by atoms with Crippen molar-refractivity contribution in [2.45, 2.75) is 58.8 Å². The molecule has 0 saturated carbocycles. The van der Waals surface area contributed by atoms with Gasteiger partial charge in [-0.3, -0.25) is 37.7 Å². The molecule has 0 bridgehead atoms. The lowest BCUT2D eigenvalue weighted by Gasteiger charge is -2.33. The van der Waals surface area contributed by atoms with Gasteiger partial charge in [0.2, 0.25) is 0 Å². The number of carbonyl (C=O) groups is 4. The molecule has 0 spiro atoms. The van der Waals surface area contributed by atoms with Crippen LogP contribution in [0.2, 0.25) is 0 Å². The summed E-state index contributed by atoms with van der Waals surface area (Å²) in [5.74, 6) is -0.635. The number of rotatable bonds is 13. The van der Waals surface area contributed by atoms with Gasteiger partial charge in [-0.15, -0.1) is 0 Å². The molecule has 4 aromatic rings. The van der Waals surface area contributed by atoms with Crippen molar-refractivity contribution in [3.63, 3.8) is 0 Å². The van der Waals surface area contributed by atoms with Crippen LogP contribution >= 0.6 is 0 Å². The van der Waals surface area contributed by atoms with Crippen LogP contribution in [0.1, 0.15) is 87.7 Å². The van der Waals surface area contributed by atoms with E-state index in [1.807, 2.05) is 13.8 Å². The minimum absolute atomic E-state index is 0. The van der Waals surface area contributed by atoms with Crippen molar-refractivity contribution >= 4 is 43.9 Å². The zero-order valence-corrected chi connectivity index (χ0v) is 37.3. The minimum Gasteiger partial charge on any atom is -0.325 e. The van der Waals surface area contributed by atoms with Crippen molar-refractivity contribution in [2.24, 2.45) is 0 Å². The molecule has 6 rings (SSSR count). The van der Waals surface area contributed by atoms with E-state index in [4.69, 9.17) is 4.55 Å². The third kappa shape index (κ3) is 14.0. The van der Waals surface area contributed by atoms with Gasteiger partial charge in [0.15, 0.2) is 0 Å². The molecular weight excluding hydrogens is 821 g/mol. The zero-order valence-electron chi connectivity index (χ0n) is 35.6. The second-order valence-electron chi connectivity index (χ2n) is 14.3. The van der Waals surface area contributed by atoms with Crippen LogP contribution in [0.3, 0.4) is 0 Å². The first kappa shape index (κ1) is 52.0. The molecular formula is C45H61N4O10S2+. The lowest BCUT2D eigenvalue weighted by Crippen LogP contribution is -2.49. The third-order valence-corrected chi connectivity index (χ3v) is 12.7. The van der Waals surface area contributed by atoms with E-state index >= 15 is 0 Å². The number of quaternary nitrogens is 1. The van der Waals surface area contributed by atoms with E-state index in [1.165, 1.54) is 34.1 Å². The smallest absolute Gasteiger partial charge is 0.296 e. The first-order chi connectivity index (χ1) is 28.3. The van der Waals surface area contributed by atoms with Crippen molar-refractivity contribution in [1.29, 1.82) is 0 Å². The summed E-state index contributed by atoms with van der Waals surface area (Å²) in [6, 6.07) is 26.5. The van der Waals surface area contributed by atoms with Gasteiger partial charge in [0, 0.05) is 13.1 Å². The Morgan fingerprint density at radius 3 is 1.25 bits per heavy atom. The molecule has 0 fully saturated rings. The molecule has 0 saturated heterocycles. The zero-order chi connectivity index (χ0) is 44.8. The number of benzene rings is 4. The number of carbonyl (C=O) groups excluding carboxylic acids is 4. The first-order valence-electron chi connectivity index (χ1n) is 19.6. The second kappa shape index (κ2) is 23.2. The van der Waals surface area contributed by atoms with E-state index in [9.17, 15) is 36.0 Å². The van der Waals surface area contributed by atoms with Crippen molar-refractivity contribution in [2.75, 3.05) is 66.5 Å². The fourth-order valence-corrected chi connectivity index (χ4v) is 7.20. The predicted molar refractivity (Wildman–Crippen MR) is 237 cm³/mol. The van der Waals surface area contributed by atoms with Crippen LogP contribution in [0.25, 0.3) is 0 Å². The van der Waals surface area contributed by atoms with Crippen LogP contribution in [0.15, 0.2) is 107 Å². The molecule has 4 aromatic carbocycles. The number of amides is 4. The number of imide groups is 2. The number of nitrogens with zero attached hydrogens (tertiary/aromatic N) is 4. The summed E-state index contributed by atoms with van der Waals surface area (Å²) in [6.45, 7) is 18.5. The molecule has 0 atom stereocenters. The highest BCUT2D eigenvalue weighted by Crippen LogP contribution is 2.23. The lowest BCUT2D eigenvalue weighted by molar-refractivity contribution is -0.905. The monoisotopic (exact) mass is 881 g/mol. The van der Waals surface area contributed by atoms with E-state index < -0.39 is 20.2 Å². The van der Waals surface area contributed by atoms with Crippen LogP contribution in [0.5, 0.6) is 0 Å². The molecule has 1 N–H and O–H groups in total. The number of fused-ring (bicyclic) bond motifs is 2. The molecule has 61 heavy (non-hydrogen) atoms. The fourth-order valence-electron chi connectivity index (χ4n) is 6.06. The van der Waals surface area contributed by atoms with Gasteiger partial charge in [-0.1, -0.05) is 80.9 Å². The Bertz CT molecular complexity index is 2260. The van der Waals surface area contributed by atoms with Crippen LogP contribution in [0, 0.1) is 13.8 Å². The summed E-state index contributed by atoms with van der Waals surface area (Å²) in [6.07, 6.45) is 0. The van der Waals surface area contributed by atoms with Gasteiger partial charge in [0.1, 0.15) is 0 Å². The molecule has 0 aliphatic carbocycles. The van der Waals surface area contributed by atoms with Gasteiger partial charge in [-0.2, -0.15) is 16.8 Å². The van der Waals surface area contributed by atoms with Gasteiger partial charge in [0.05, 0.1) is 72.4 Å². The molecule has 2 heterocycles. The van der Waals surface area contributed by atoms with Gasteiger partial charge in [-0.05, 0) is 89.3 Å². The van der Waals surface area contributed by atoms with E-state index in [-0.39, 0.29) is 40.8 Å². The average molecular weight is 882 g/mol. The Labute approximate surface area is 362 Å². The first-order valence-corrected chi connectivity index (χ1v) is 22.5. The highest BCUT2D eigenvalue weighted by atomic mass is 32.2. The molecule has 0 radical (unpaired) electrons. The maximum Gasteiger partial charge on any atom is 0.296 e. The molecule has 4 amide bonds. The topological polar surface area (TPSA) is 176 Å². The van der Waals surface area contributed by atoms with Crippen LogP contribution < -0.4 is 0 Å². The normalized spacial score (nSPS) is 13.3. The number of hydrogen-bond donors (Lipinski definition) is 1. The Balaban J connectivity index is 0.000000286. The molecule has 0 unspecified atom stereocenters. The summed E-state index contributed by atoms with van der Waals surface area (Å²) in [4.78, 5) is 53.6. The van der Waals surface area contributed by atoms with E-state index in [0.29, 0.717) is 35.3 Å². The Morgan fingerprint density at radius 1 is 0.590 bits per heavy atom. The Hall–Kier alpha value is -5.10. The maximum absolute atomic E-state index is 12.2. The van der Waals surface area contributed by atoms with Crippen LogP contribution in [0.4, 0.5) is 0 Å². The molecule has 14 nitrogen and oxygen atoms in total. The summed E-state index contributed by atoms with van der Waals surface area (Å²) >= 11 is 0. The number of aryl methyl sites for hydroxylation is 2. The summed E-state index contributed by atoms with van der Waals surface area (Å²) in [5, 5.41) is 0. The largest absolute Gasteiger partial charge is 0.325 e. The van der Waals surface area contributed by atoms with Crippen molar-refractivity contribution in [1.82, 2.24) is 14.7 Å².